The predicted molar refractivity (Wildman–Crippen MR) is 96.2 cm³/mol. The molecular weight excluding hydrogens is 446 g/mol. The Morgan fingerprint density at radius 3 is 2.39 bits per heavy atom. The molecule has 23 heavy (non-hydrogen) atoms. The van der Waals surface area contributed by atoms with Gasteiger partial charge in [0.25, 0.3) is 10.0 Å². The maximum atomic E-state index is 12.6. The number of sulfonamides is 1. The molecule has 0 amide bonds. The van der Waals surface area contributed by atoms with Crippen molar-refractivity contribution in [3.8, 4) is 5.69 Å². The number of rotatable bonds is 4. The highest BCUT2D eigenvalue weighted by atomic mass is 79.9. The average molecular weight is 457 g/mol. The van der Waals surface area contributed by atoms with Crippen LogP contribution in [0.15, 0.2) is 74.8 Å². The highest BCUT2D eigenvalue weighted by Gasteiger charge is 2.19. The number of nitrogens with one attached hydrogen (secondary N) is 1. The minimum Gasteiger partial charge on any atom is -0.277 e. The van der Waals surface area contributed by atoms with Gasteiger partial charge in [-0.2, -0.15) is 5.10 Å². The second kappa shape index (κ2) is 6.46. The van der Waals surface area contributed by atoms with E-state index >= 15 is 0 Å². The monoisotopic (exact) mass is 455 g/mol. The molecule has 0 atom stereocenters. The number of nitrogens with zero attached hydrogens (tertiary/aromatic N) is 2. The summed E-state index contributed by atoms with van der Waals surface area (Å²) in [4.78, 5) is 0.177. The molecule has 0 saturated carbocycles. The molecular formula is C15H11Br2N3O2S. The molecule has 0 aliphatic rings. The number of anilines is 1. The van der Waals surface area contributed by atoms with Crippen LogP contribution in [0.2, 0.25) is 0 Å². The van der Waals surface area contributed by atoms with Crippen LogP contribution in [0.25, 0.3) is 5.69 Å². The quantitative estimate of drug-likeness (QED) is 0.639. The molecule has 3 aromatic rings. The first kappa shape index (κ1) is 16.2. The molecule has 0 unspecified atom stereocenters. The summed E-state index contributed by atoms with van der Waals surface area (Å²) in [6, 6.07) is 13.7. The average Bonchev–Trinajstić information content (AvgIpc) is 2.94. The van der Waals surface area contributed by atoms with Crippen LogP contribution in [0.1, 0.15) is 0 Å². The van der Waals surface area contributed by atoms with Crippen LogP contribution in [-0.4, -0.2) is 18.2 Å². The van der Waals surface area contributed by atoms with Crippen LogP contribution < -0.4 is 4.72 Å². The maximum Gasteiger partial charge on any atom is 0.263 e. The third kappa shape index (κ3) is 3.49. The van der Waals surface area contributed by atoms with E-state index in [1.54, 1.807) is 59.5 Å². The molecule has 2 aromatic carbocycles. The number of hydrogen-bond acceptors (Lipinski definition) is 3. The van der Waals surface area contributed by atoms with Crippen molar-refractivity contribution >= 4 is 47.6 Å². The topological polar surface area (TPSA) is 64.0 Å². The van der Waals surface area contributed by atoms with Crippen LogP contribution in [0.4, 0.5) is 5.69 Å². The van der Waals surface area contributed by atoms with Crippen molar-refractivity contribution in [2.24, 2.45) is 0 Å². The van der Waals surface area contributed by atoms with Crippen LogP contribution in [0.3, 0.4) is 0 Å². The van der Waals surface area contributed by atoms with Gasteiger partial charge >= 0.3 is 0 Å². The molecule has 0 radical (unpaired) electrons. The molecule has 1 aromatic heterocycles. The Bertz CT molecular complexity index is 955. The number of hydrogen-bond donors (Lipinski definition) is 1. The van der Waals surface area contributed by atoms with E-state index in [4.69, 9.17) is 0 Å². The summed E-state index contributed by atoms with van der Waals surface area (Å²) in [5, 5.41) is 4.19. The van der Waals surface area contributed by atoms with Gasteiger partial charge in [0.2, 0.25) is 0 Å². The van der Waals surface area contributed by atoms with Gasteiger partial charge in [0.05, 0.1) is 22.0 Å². The van der Waals surface area contributed by atoms with Crippen molar-refractivity contribution in [1.29, 1.82) is 0 Å². The normalized spacial score (nSPS) is 11.4. The second-order valence-corrected chi connectivity index (χ2v) is 8.08. The van der Waals surface area contributed by atoms with Gasteiger partial charge in [-0.25, -0.2) is 13.1 Å². The Morgan fingerprint density at radius 1 is 1.00 bits per heavy atom. The highest BCUT2D eigenvalue weighted by Crippen LogP contribution is 2.27. The van der Waals surface area contributed by atoms with Crippen LogP contribution in [0.5, 0.6) is 0 Å². The number of para-hydroxylation sites is 2. The first-order valence-electron chi connectivity index (χ1n) is 6.54. The molecule has 0 aliphatic heterocycles. The Morgan fingerprint density at radius 2 is 1.70 bits per heavy atom. The minimum absolute atomic E-state index is 0.177. The lowest BCUT2D eigenvalue weighted by Gasteiger charge is -2.13. The van der Waals surface area contributed by atoms with Crippen molar-refractivity contribution in [1.82, 2.24) is 9.78 Å². The van der Waals surface area contributed by atoms with Gasteiger partial charge in [0, 0.05) is 10.7 Å². The van der Waals surface area contributed by atoms with Crippen molar-refractivity contribution in [3.63, 3.8) is 0 Å². The number of aromatic nitrogens is 2. The SMILES string of the molecule is O=S(=O)(Nc1ccccc1-n1cc(Br)cn1)c1ccccc1Br. The lowest BCUT2D eigenvalue weighted by atomic mass is 10.3. The molecule has 3 rings (SSSR count). The van der Waals surface area contributed by atoms with E-state index in [2.05, 4.69) is 41.7 Å². The molecule has 0 fully saturated rings. The van der Waals surface area contributed by atoms with Gasteiger partial charge in [-0.3, -0.25) is 4.72 Å². The highest BCUT2D eigenvalue weighted by molar-refractivity contribution is 9.10. The fourth-order valence-corrected chi connectivity index (χ4v) is 4.42. The lowest BCUT2D eigenvalue weighted by molar-refractivity contribution is 0.600. The van der Waals surface area contributed by atoms with Gasteiger partial charge < -0.3 is 0 Å². The van der Waals surface area contributed by atoms with E-state index in [0.717, 1.165) is 4.47 Å². The fourth-order valence-electron chi connectivity index (χ4n) is 2.05. The van der Waals surface area contributed by atoms with E-state index in [-0.39, 0.29) is 4.90 Å². The Labute approximate surface area is 150 Å². The van der Waals surface area contributed by atoms with E-state index in [0.29, 0.717) is 15.8 Å². The van der Waals surface area contributed by atoms with Crippen molar-refractivity contribution in [2.75, 3.05) is 4.72 Å². The first-order valence-corrected chi connectivity index (χ1v) is 9.61. The molecule has 118 valence electrons. The molecule has 5 nitrogen and oxygen atoms in total. The van der Waals surface area contributed by atoms with Gasteiger partial charge in [0.15, 0.2) is 0 Å². The smallest absolute Gasteiger partial charge is 0.263 e. The summed E-state index contributed by atoms with van der Waals surface area (Å²) in [5.41, 5.74) is 1.08. The summed E-state index contributed by atoms with van der Waals surface area (Å²) < 4.78 is 30.8. The predicted octanol–water partition coefficient (Wildman–Crippen LogP) is 4.20. The largest absolute Gasteiger partial charge is 0.277 e. The van der Waals surface area contributed by atoms with Crippen molar-refractivity contribution in [3.05, 3.63) is 69.9 Å². The molecule has 1 heterocycles. The number of benzene rings is 2. The van der Waals surface area contributed by atoms with E-state index in [9.17, 15) is 8.42 Å². The molecule has 1 N–H and O–H groups in total. The zero-order chi connectivity index (χ0) is 16.4. The first-order chi connectivity index (χ1) is 11.0. The second-order valence-electron chi connectivity index (χ2n) is 4.66. The zero-order valence-corrected chi connectivity index (χ0v) is 15.6. The summed E-state index contributed by atoms with van der Waals surface area (Å²) in [7, 11) is -3.72. The van der Waals surface area contributed by atoms with Gasteiger partial charge in [-0.05, 0) is 56.1 Å². The molecule has 0 spiro atoms. The summed E-state index contributed by atoms with van der Waals surface area (Å²) in [6.45, 7) is 0. The lowest BCUT2D eigenvalue weighted by Crippen LogP contribution is -2.15. The standard InChI is InChI=1S/C15H11Br2N3O2S/c16-11-9-18-20(10-11)14-7-3-2-6-13(14)19-23(21,22)15-8-4-1-5-12(15)17/h1-10,19H. The van der Waals surface area contributed by atoms with E-state index < -0.39 is 10.0 Å². The summed E-state index contributed by atoms with van der Waals surface area (Å²) in [6.07, 6.45) is 3.39. The minimum atomic E-state index is -3.72. The van der Waals surface area contributed by atoms with Crippen LogP contribution in [0, 0.1) is 0 Å². The summed E-state index contributed by atoms with van der Waals surface area (Å²) in [5.74, 6) is 0. The Hall–Kier alpha value is -1.64. The molecule has 0 bridgehead atoms. The van der Waals surface area contributed by atoms with Gasteiger partial charge in [-0.1, -0.05) is 24.3 Å². The zero-order valence-electron chi connectivity index (χ0n) is 11.6. The molecule has 0 saturated heterocycles. The Kier molecular flexibility index (Phi) is 4.56. The Balaban J connectivity index is 2.03. The maximum absolute atomic E-state index is 12.6. The third-order valence-electron chi connectivity index (χ3n) is 3.07. The summed E-state index contributed by atoms with van der Waals surface area (Å²) >= 11 is 6.60. The van der Waals surface area contributed by atoms with Gasteiger partial charge in [-0.15, -0.1) is 0 Å². The van der Waals surface area contributed by atoms with Crippen molar-refractivity contribution < 1.29 is 8.42 Å². The third-order valence-corrected chi connectivity index (χ3v) is 5.86. The van der Waals surface area contributed by atoms with E-state index in [1.165, 1.54) is 0 Å². The van der Waals surface area contributed by atoms with E-state index in [1.807, 2.05) is 6.07 Å². The van der Waals surface area contributed by atoms with Gasteiger partial charge in [0.1, 0.15) is 4.90 Å². The molecule has 8 heteroatoms. The van der Waals surface area contributed by atoms with Crippen LogP contribution >= 0.6 is 31.9 Å². The van der Waals surface area contributed by atoms with Crippen LogP contribution in [-0.2, 0) is 10.0 Å². The number of halogens is 2. The van der Waals surface area contributed by atoms with Crippen molar-refractivity contribution in [2.45, 2.75) is 4.90 Å². The molecule has 0 aliphatic carbocycles. The fraction of sp³-hybridized carbons (Fsp3) is 0.